The van der Waals surface area contributed by atoms with Crippen molar-refractivity contribution >= 4 is 23.5 Å². The number of carbonyl (C=O) groups is 2. The van der Waals surface area contributed by atoms with Crippen molar-refractivity contribution < 1.29 is 18.7 Å². The molecule has 0 radical (unpaired) electrons. The largest absolute Gasteiger partial charge is 0.407 e. The van der Waals surface area contributed by atoms with E-state index in [9.17, 15) is 9.59 Å². The maximum atomic E-state index is 12.2. The van der Waals surface area contributed by atoms with E-state index in [1.165, 1.54) is 0 Å². The van der Waals surface area contributed by atoms with Gasteiger partial charge < -0.3 is 14.1 Å². The number of anilines is 2. The Morgan fingerprint density at radius 2 is 2.17 bits per heavy atom. The van der Waals surface area contributed by atoms with Gasteiger partial charge in [0.2, 0.25) is 11.8 Å². The fourth-order valence-electron chi connectivity index (χ4n) is 2.53. The van der Waals surface area contributed by atoms with Gasteiger partial charge in [0.15, 0.2) is 0 Å². The van der Waals surface area contributed by atoms with Gasteiger partial charge in [-0.2, -0.15) is 0 Å². The number of amides is 2. The highest BCUT2D eigenvalue weighted by atomic mass is 16.5. The highest BCUT2D eigenvalue weighted by molar-refractivity contribution is 5.96. The first-order valence-corrected chi connectivity index (χ1v) is 7.73. The highest BCUT2D eigenvalue weighted by Crippen LogP contribution is 2.31. The summed E-state index contributed by atoms with van der Waals surface area (Å²) in [4.78, 5) is 25.5. The number of carbonyl (C=O) groups excluding carboxylic acids is 2. The summed E-state index contributed by atoms with van der Waals surface area (Å²) in [5.74, 6) is -0.206. The van der Waals surface area contributed by atoms with Crippen LogP contribution < -0.4 is 10.2 Å². The monoisotopic (exact) mass is 330 g/mol. The SMILES string of the molecule is CCOCC(=O)Nc1nnc(C2CC(=O)N(c3ccccc3)C2)o1. The predicted molar refractivity (Wildman–Crippen MR) is 85.6 cm³/mol. The van der Waals surface area contributed by atoms with Gasteiger partial charge in [0.1, 0.15) is 6.61 Å². The minimum Gasteiger partial charge on any atom is -0.407 e. The first kappa shape index (κ1) is 16.1. The molecule has 1 N–H and O–H groups in total. The van der Waals surface area contributed by atoms with Crippen molar-refractivity contribution in [3.63, 3.8) is 0 Å². The second-order valence-electron chi connectivity index (χ2n) is 5.37. The second kappa shape index (κ2) is 7.22. The first-order valence-electron chi connectivity index (χ1n) is 7.73. The van der Waals surface area contributed by atoms with Gasteiger partial charge in [-0.15, -0.1) is 5.10 Å². The van der Waals surface area contributed by atoms with E-state index < -0.39 is 0 Å². The van der Waals surface area contributed by atoms with E-state index in [1.807, 2.05) is 30.3 Å². The van der Waals surface area contributed by atoms with Gasteiger partial charge >= 0.3 is 6.01 Å². The molecule has 2 aromatic rings. The lowest BCUT2D eigenvalue weighted by Crippen LogP contribution is -2.24. The molecule has 24 heavy (non-hydrogen) atoms. The summed E-state index contributed by atoms with van der Waals surface area (Å²) in [6.07, 6.45) is 0.295. The molecule has 8 heteroatoms. The minimum atomic E-state index is -0.361. The molecular weight excluding hydrogens is 312 g/mol. The molecule has 2 heterocycles. The second-order valence-corrected chi connectivity index (χ2v) is 5.37. The van der Waals surface area contributed by atoms with Gasteiger partial charge in [-0.1, -0.05) is 23.3 Å². The molecule has 0 saturated carbocycles. The van der Waals surface area contributed by atoms with Crippen LogP contribution in [0.5, 0.6) is 0 Å². The van der Waals surface area contributed by atoms with Gasteiger partial charge in [-0.05, 0) is 19.1 Å². The summed E-state index contributed by atoms with van der Waals surface area (Å²) in [5, 5.41) is 10.2. The number of para-hydroxylation sites is 1. The molecule has 1 fully saturated rings. The van der Waals surface area contributed by atoms with Crippen LogP contribution in [0.3, 0.4) is 0 Å². The van der Waals surface area contributed by atoms with Crippen molar-refractivity contribution in [1.82, 2.24) is 10.2 Å². The third-order valence-corrected chi connectivity index (χ3v) is 3.67. The molecule has 1 aromatic heterocycles. The van der Waals surface area contributed by atoms with Crippen LogP contribution in [0, 0.1) is 0 Å². The number of hydrogen-bond donors (Lipinski definition) is 1. The Labute approximate surface area is 138 Å². The Morgan fingerprint density at radius 1 is 1.38 bits per heavy atom. The van der Waals surface area contributed by atoms with Gasteiger partial charge in [0, 0.05) is 25.3 Å². The molecule has 0 bridgehead atoms. The van der Waals surface area contributed by atoms with Gasteiger partial charge in [-0.3, -0.25) is 14.9 Å². The lowest BCUT2D eigenvalue weighted by Gasteiger charge is -2.15. The maximum absolute atomic E-state index is 12.2. The van der Waals surface area contributed by atoms with Crippen molar-refractivity contribution in [2.24, 2.45) is 0 Å². The summed E-state index contributed by atoms with van der Waals surface area (Å²) < 4.78 is 10.5. The van der Waals surface area contributed by atoms with Crippen molar-refractivity contribution in [1.29, 1.82) is 0 Å². The van der Waals surface area contributed by atoms with E-state index in [1.54, 1.807) is 11.8 Å². The summed E-state index contributed by atoms with van der Waals surface area (Å²) >= 11 is 0. The Hall–Kier alpha value is -2.74. The molecule has 8 nitrogen and oxygen atoms in total. The topological polar surface area (TPSA) is 97.6 Å². The van der Waals surface area contributed by atoms with E-state index in [-0.39, 0.29) is 30.4 Å². The van der Waals surface area contributed by atoms with Gasteiger partial charge in [0.25, 0.3) is 5.91 Å². The normalized spacial score (nSPS) is 17.3. The van der Waals surface area contributed by atoms with Crippen LogP contribution in [0.4, 0.5) is 11.7 Å². The Bertz CT molecular complexity index is 716. The lowest BCUT2D eigenvalue weighted by atomic mass is 10.1. The Morgan fingerprint density at radius 3 is 2.92 bits per heavy atom. The molecule has 1 unspecified atom stereocenters. The number of benzene rings is 1. The van der Waals surface area contributed by atoms with Crippen molar-refractivity contribution in [3.05, 3.63) is 36.2 Å². The molecule has 1 atom stereocenters. The fourth-order valence-corrected chi connectivity index (χ4v) is 2.53. The minimum absolute atomic E-state index is 0.00586. The van der Waals surface area contributed by atoms with Crippen LogP contribution in [0.25, 0.3) is 0 Å². The zero-order valence-electron chi connectivity index (χ0n) is 13.3. The van der Waals surface area contributed by atoms with Crippen molar-refractivity contribution in [3.8, 4) is 0 Å². The standard InChI is InChI=1S/C16H18N4O4/c1-2-23-10-13(21)17-16-19-18-15(24-16)11-8-14(22)20(9-11)12-6-4-3-5-7-12/h3-7,11H,2,8-10H2,1H3,(H,17,19,21). The quantitative estimate of drug-likeness (QED) is 0.863. The smallest absolute Gasteiger partial charge is 0.322 e. The zero-order chi connectivity index (χ0) is 16.9. The van der Waals surface area contributed by atoms with E-state index in [4.69, 9.17) is 9.15 Å². The highest BCUT2D eigenvalue weighted by Gasteiger charge is 2.35. The van der Waals surface area contributed by atoms with Crippen LogP contribution in [0.15, 0.2) is 34.7 Å². The zero-order valence-corrected chi connectivity index (χ0v) is 13.3. The number of rotatable bonds is 6. The van der Waals surface area contributed by atoms with Crippen LogP contribution in [-0.4, -0.2) is 41.8 Å². The molecule has 126 valence electrons. The maximum Gasteiger partial charge on any atom is 0.322 e. The molecular formula is C16H18N4O4. The summed E-state index contributed by atoms with van der Waals surface area (Å²) in [5.41, 5.74) is 0.842. The lowest BCUT2D eigenvalue weighted by molar-refractivity contribution is -0.120. The van der Waals surface area contributed by atoms with Crippen LogP contribution in [0.1, 0.15) is 25.2 Å². The van der Waals surface area contributed by atoms with E-state index in [0.29, 0.717) is 25.5 Å². The summed E-state index contributed by atoms with van der Waals surface area (Å²) in [7, 11) is 0. The predicted octanol–water partition coefficient (Wildman–Crippen LogP) is 1.57. The summed E-state index contributed by atoms with van der Waals surface area (Å²) in [6, 6.07) is 9.45. The van der Waals surface area contributed by atoms with Crippen LogP contribution in [-0.2, 0) is 14.3 Å². The molecule has 1 aromatic carbocycles. The average Bonchev–Trinajstić information content (AvgIpc) is 3.20. The van der Waals surface area contributed by atoms with E-state index in [0.717, 1.165) is 5.69 Å². The Balaban J connectivity index is 1.64. The molecule has 1 aliphatic heterocycles. The van der Waals surface area contributed by atoms with Crippen molar-refractivity contribution in [2.75, 3.05) is 30.0 Å². The number of ether oxygens (including phenoxy) is 1. The molecule has 0 spiro atoms. The number of nitrogens with zero attached hydrogens (tertiary/aromatic N) is 3. The third-order valence-electron chi connectivity index (χ3n) is 3.67. The fraction of sp³-hybridized carbons (Fsp3) is 0.375. The van der Waals surface area contributed by atoms with Crippen molar-refractivity contribution in [2.45, 2.75) is 19.3 Å². The number of hydrogen-bond acceptors (Lipinski definition) is 6. The van der Waals surface area contributed by atoms with Crippen LogP contribution in [0.2, 0.25) is 0 Å². The number of nitrogens with one attached hydrogen (secondary N) is 1. The van der Waals surface area contributed by atoms with Crippen LogP contribution >= 0.6 is 0 Å². The molecule has 1 aliphatic rings. The van der Waals surface area contributed by atoms with E-state index >= 15 is 0 Å². The molecule has 3 rings (SSSR count). The third kappa shape index (κ3) is 3.60. The Kier molecular flexibility index (Phi) is 4.85. The molecule has 2 amide bonds. The average molecular weight is 330 g/mol. The number of aromatic nitrogens is 2. The molecule has 1 saturated heterocycles. The summed E-state index contributed by atoms with van der Waals surface area (Å²) in [6.45, 7) is 2.64. The van der Waals surface area contributed by atoms with Gasteiger partial charge in [-0.25, -0.2) is 0 Å². The first-order chi connectivity index (χ1) is 11.7. The molecule has 0 aliphatic carbocycles. The van der Waals surface area contributed by atoms with Gasteiger partial charge in [0.05, 0.1) is 5.92 Å². The van der Waals surface area contributed by atoms with E-state index in [2.05, 4.69) is 15.5 Å².